The van der Waals surface area contributed by atoms with E-state index in [-0.39, 0.29) is 45.3 Å². The number of allylic oxidation sites excluding steroid dienone is 8. The van der Waals surface area contributed by atoms with Crippen LogP contribution in [-0.4, -0.2) is 0 Å². The summed E-state index contributed by atoms with van der Waals surface area (Å²) in [4.78, 5) is 0. The molecule has 60 heavy (non-hydrogen) atoms. The van der Waals surface area contributed by atoms with E-state index in [4.69, 9.17) is 0 Å². The Morgan fingerprint density at radius 3 is 0.767 bits per heavy atom. The van der Waals surface area contributed by atoms with Gasteiger partial charge in [0.1, 0.15) is 0 Å². The van der Waals surface area contributed by atoms with Crippen molar-refractivity contribution in [2.24, 2.45) is 11.8 Å². The summed E-state index contributed by atoms with van der Waals surface area (Å²) in [6, 6.07) is 39.6. The fourth-order valence-electron chi connectivity index (χ4n) is 10.8. The van der Waals surface area contributed by atoms with Crippen molar-refractivity contribution in [2.45, 2.75) is 128 Å². The molecule has 306 valence electrons. The van der Waals surface area contributed by atoms with Crippen LogP contribution in [0.5, 0.6) is 0 Å². The third-order valence-corrected chi connectivity index (χ3v) is 14.4. The molecule has 4 aliphatic rings. The molecule has 2 atom stereocenters. The molecule has 0 heteroatoms. The van der Waals surface area contributed by atoms with Crippen LogP contribution in [0.15, 0.2) is 146 Å². The van der Waals surface area contributed by atoms with Crippen LogP contribution < -0.4 is 0 Å². The lowest BCUT2D eigenvalue weighted by Gasteiger charge is -2.33. The van der Waals surface area contributed by atoms with Crippen molar-refractivity contribution in [1.29, 1.82) is 0 Å². The normalized spacial score (nSPS) is 17.7. The lowest BCUT2D eigenvalue weighted by atomic mass is 9.70. The first-order chi connectivity index (χ1) is 28.3. The molecule has 0 radical (unpaired) electrons. The summed E-state index contributed by atoms with van der Waals surface area (Å²) in [6.07, 6.45) is 18.8. The van der Waals surface area contributed by atoms with E-state index < -0.39 is 0 Å². The van der Waals surface area contributed by atoms with E-state index in [1.54, 1.807) is 0 Å². The van der Waals surface area contributed by atoms with Gasteiger partial charge in [-0.15, -0.1) is 0 Å². The maximum atomic E-state index is 2.51. The van der Waals surface area contributed by atoms with Gasteiger partial charge in [-0.25, -0.2) is 0 Å². The molecule has 0 nitrogen and oxygen atoms in total. The maximum Gasteiger partial charge on any atom is 0.0179 e. The summed E-state index contributed by atoms with van der Waals surface area (Å²) < 4.78 is 0. The number of benzene rings is 5. The Morgan fingerprint density at radius 2 is 0.550 bits per heavy atom. The Bertz CT molecular complexity index is 2250. The van der Waals surface area contributed by atoms with Gasteiger partial charge in [0, 0.05) is 35.5 Å². The summed E-state index contributed by atoms with van der Waals surface area (Å²) in [5, 5.41) is 0. The number of hydrogen-bond donors (Lipinski definition) is 0. The maximum absolute atomic E-state index is 2.51. The first-order valence-corrected chi connectivity index (χ1v) is 22.7. The fourth-order valence-corrected chi connectivity index (χ4v) is 10.8. The van der Waals surface area contributed by atoms with E-state index in [2.05, 4.69) is 229 Å². The van der Waals surface area contributed by atoms with Crippen LogP contribution in [0, 0.1) is 11.8 Å². The predicted molar refractivity (Wildman–Crippen MR) is 258 cm³/mol. The van der Waals surface area contributed by atoms with Crippen molar-refractivity contribution in [3.8, 4) is 22.3 Å². The summed E-state index contributed by atoms with van der Waals surface area (Å²) in [5.41, 5.74) is 20.3. The highest BCUT2D eigenvalue weighted by Gasteiger charge is 2.42. The smallest absolute Gasteiger partial charge is 0.0179 e. The minimum Gasteiger partial charge on any atom is -0.0770 e. The van der Waals surface area contributed by atoms with Gasteiger partial charge in [-0.1, -0.05) is 229 Å². The summed E-state index contributed by atoms with van der Waals surface area (Å²) >= 11 is 0. The SMILES string of the molecule is CC(C)(C)c1ccc2c(c1)-c1cc(C(C)(C)C)ccc1C2C(c1ccc(C(C2C=CC=C2)C2c3ccc(C(C)(C)C)cc3-c3cc(C(C)(C)C)ccc32)cc1)C1C=CC=C1. The summed E-state index contributed by atoms with van der Waals surface area (Å²) in [6.45, 7) is 28.1. The Balaban J connectivity index is 1.18. The average Bonchev–Trinajstić information content (AvgIpc) is 4.01. The molecule has 0 aliphatic heterocycles. The van der Waals surface area contributed by atoms with Crippen molar-refractivity contribution < 1.29 is 0 Å². The molecule has 0 saturated heterocycles. The number of fused-ring (bicyclic) bond motifs is 6. The second-order valence-corrected chi connectivity index (χ2v) is 22.6. The quantitative estimate of drug-likeness (QED) is 0.161. The third kappa shape index (κ3) is 7.03. The van der Waals surface area contributed by atoms with Crippen molar-refractivity contribution in [2.75, 3.05) is 0 Å². The first-order valence-electron chi connectivity index (χ1n) is 22.7. The minimum atomic E-state index is 0.0748. The molecule has 0 heterocycles. The Morgan fingerprint density at radius 1 is 0.317 bits per heavy atom. The van der Waals surface area contributed by atoms with Crippen LogP contribution in [0.1, 0.15) is 162 Å². The molecule has 4 aliphatic carbocycles. The highest BCUT2D eigenvalue weighted by Crippen LogP contribution is 2.58. The van der Waals surface area contributed by atoms with Crippen molar-refractivity contribution in [1.82, 2.24) is 0 Å². The lowest BCUT2D eigenvalue weighted by molar-refractivity contribution is 0.530. The van der Waals surface area contributed by atoms with Gasteiger partial charge in [-0.3, -0.25) is 0 Å². The van der Waals surface area contributed by atoms with Gasteiger partial charge in [0.25, 0.3) is 0 Å². The van der Waals surface area contributed by atoms with Crippen LogP contribution >= 0.6 is 0 Å². The van der Waals surface area contributed by atoms with Crippen LogP contribution in [-0.2, 0) is 21.7 Å². The molecule has 0 aromatic heterocycles. The fraction of sp³-hybridized carbons (Fsp3) is 0.367. The molecule has 0 amide bonds. The zero-order valence-electron chi connectivity index (χ0n) is 38.3. The van der Waals surface area contributed by atoms with E-state index in [1.165, 1.54) is 77.9 Å². The average molecular weight is 787 g/mol. The molecule has 9 rings (SSSR count). The molecular formula is C60H66. The highest BCUT2D eigenvalue weighted by molar-refractivity contribution is 5.82. The molecular weight excluding hydrogens is 721 g/mol. The Hall–Kier alpha value is -4.94. The van der Waals surface area contributed by atoms with Crippen molar-refractivity contribution >= 4 is 0 Å². The van der Waals surface area contributed by atoms with Crippen LogP contribution in [0.25, 0.3) is 22.3 Å². The molecule has 0 fully saturated rings. The van der Waals surface area contributed by atoms with Crippen LogP contribution in [0.4, 0.5) is 0 Å². The third-order valence-electron chi connectivity index (χ3n) is 14.4. The molecule has 0 saturated carbocycles. The minimum absolute atomic E-state index is 0.0748. The lowest BCUT2D eigenvalue weighted by Crippen LogP contribution is -2.20. The van der Waals surface area contributed by atoms with Gasteiger partial charge >= 0.3 is 0 Å². The molecule has 0 bridgehead atoms. The number of rotatable bonds is 6. The predicted octanol–water partition coefficient (Wildman–Crippen LogP) is 16.2. The largest absolute Gasteiger partial charge is 0.0770 e. The van der Waals surface area contributed by atoms with Gasteiger partial charge in [0.2, 0.25) is 0 Å². The van der Waals surface area contributed by atoms with Gasteiger partial charge in [-0.05, 0) is 99.5 Å². The van der Waals surface area contributed by atoms with Gasteiger partial charge < -0.3 is 0 Å². The van der Waals surface area contributed by atoms with Gasteiger partial charge in [0.05, 0.1) is 0 Å². The molecule has 5 aromatic carbocycles. The second kappa shape index (κ2) is 14.3. The van der Waals surface area contributed by atoms with E-state index in [0.29, 0.717) is 11.8 Å². The first kappa shape index (κ1) is 40.5. The zero-order valence-corrected chi connectivity index (χ0v) is 38.3. The monoisotopic (exact) mass is 787 g/mol. The molecule has 0 spiro atoms. The van der Waals surface area contributed by atoms with Gasteiger partial charge in [-0.2, -0.15) is 0 Å². The van der Waals surface area contributed by atoms with Crippen LogP contribution in [0.3, 0.4) is 0 Å². The second-order valence-electron chi connectivity index (χ2n) is 22.6. The molecule has 5 aromatic rings. The zero-order chi connectivity index (χ0) is 42.5. The number of hydrogen-bond acceptors (Lipinski definition) is 0. The van der Waals surface area contributed by atoms with E-state index in [1.807, 2.05) is 0 Å². The Kier molecular flexibility index (Phi) is 9.66. The van der Waals surface area contributed by atoms with E-state index in [0.717, 1.165) is 0 Å². The van der Waals surface area contributed by atoms with E-state index in [9.17, 15) is 0 Å². The summed E-state index contributed by atoms with van der Waals surface area (Å²) in [7, 11) is 0. The summed E-state index contributed by atoms with van der Waals surface area (Å²) in [5.74, 6) is 1.64. The van der Waals surface area contributed by atoms with Crippen LogP contribution in [0.2, 0.25) is 0 Å². The Labute approximate surface area is 362 Å². The highest BCUT2D eigenvalue weighted by atomic mass is 14.4. The van der Waals surface area contributed by atoms with Crippen molar-refractivity contribution in [3.63, 3.8) is 0 Å². The topological polar surface area (TPSA) is 0 Å². The van der Waals surface area contributed by atoms with E-state index >= 15 is 0 Å². The van der Waals surface area contributed by atoms with Gasteiger partial charge in [0.15, 0.2) is 0 Å². The standard InChI is InChI=1S/C60H66/c1-57(2,3)41-25-29-45-49(33-41)50-34-42(58(4,5)6)26-30-46(50)55(45)53(37-17-13-14-18-37)39-21-23-40(24-22-39)54(38-19-15-16-20-38)56-47-31-27-43(59(7,8)9)35-51(47)52-36-44(60(10,11)12)28-32-48(52)56/h13-38,53-56H,1-12H3. The molecule has 0 N–H and O–H groups in total. The molecule has 2 unspecified atom stereocenters. The van der Waals surface area contributed by atoms with Crippen molar-refractivity contribution in [3.05, 3.63) is 201 Å².